The van der Waals surface area contributed by atoms with Crippen LogP contribution in [0.5, 0.6) is 0 Å². The number of hydrogen-bond acceptors (Lipinski definition) is 4. The Morgan fingerprint density at radius 1 is 1.48 bits per heavy atom. The molecule has 2 rings (SSSR count). The van der Waals surface area contributed by atoms with E-state index in [1.54, 1.807) is 4.90 Å². The number of hydrogen-bond donors (Lipinski definition) is 1. The van der Waals surface area contributed by atoms with Crippen molar-refractivity contribution in [3.8, 4) is 6.07 Å². The number of nitrogens with one attached hydrogen (secondary N) is 1. The molecule has 1 atom stereocenters. The Kier molecular flexibility index (Phi) is 5.27. The number of para-hydroxylation sites is 1. The summed E-state index contributed by atoms with van der Waals surface area (Å²) in [5, 5.41) is 12.1. The zero-order valence-electron chi connectivity index (χ0n) is 14.3. The summed E-state index contributed by atoms with van der Waals surface area (Å²) in [5.41, 5.74) is 2.69. The average molecular weight is 315 g/mol. The Morgan fingerprint density at radius 3 is 2.87 bits per heavy atom. The van der Waals surface area contributed by atoms with Gasteiger partial charge in [0.05, 0.1) is 17.7 Å². The molecule has 1 aromatic rings. The summed E-state index contributed by atoms with van der Waals surface area (Å²) in [4.78, 5) is 14.2. The molecule has 1 aliphatic heterocycles. The molecule has 124 valence electrons. The number of benzene rings is 1. The minimum Gasteiger partial charge on any atom is -0.443 e. The maximum atomic E-state index is 12.4. The molecule has 0 saturated carbocycles. The molecule has 0 bridgehead atoms. The van der Waals surface area contributed by atoms with Crippen molar-refractivity contribution in [2.24, 2.45) is 5.92 Å². The largest absolute Gasteiger partial charge is 0.443 e. The second-order valence-corrected chi connectivity index (χ2v) is 6.97. The summed E-state index contributed by atoms with van der Waals surface area (Å²) in [5.74, 6) is -0.0336. The predicted molar refractivity (Wildman–Crippen MR) is 90.2 cm³/mol. The van der Waals surface area contributed by atoms with Crippen LogP contribution in [0.2, 0.25) is 0 Å². The molecular formula is C18H25N3O2. The first-order chi connectivity index (χ1) is 10.8. The Morgan fingerprint density at radius 2 is 2.22 bits per heavy atom. The minimum absolute atomic E-state index is 0.0336. The fraction of sp³-hybridized carbons (Fsp3) is 0.556. The molecule has 5 nitrogen and oxygen atoms in total. The van der Waals surface area contributed by atoms with E-state index >= 15 is 0 Å². The van der Waals surface area contributed by atoms with Crippen LogP contribution in [0.15, 0.2) is 18.2 Å². The van der Waals surface area contributed by atoms with Crippen molar-refractivity contribution in [2.45, 2.75) is 46.3 Å². The number of amides is 1. The first kappa shape index (κ1) is 17.3. The SMILES string of the molecule is CC(C#N)CNCc1cccc2c1N(C(=O)OC(C)(C)C)CC2. The van der Waals surface area contributed by atoms with Crippen LogP contribution in [0.1, 0.15) is 38.8 Å². The summed E-state index contributed by atoms with van der Waals surface area (Å²) < 4.78 is 5.52. The first-order valence-corrected chi connectivity index (χ1v) is 8.03. The molecule has 0 radical (unpaired) electrons. The van der Waals surface area contributed by atoms with E-state index in [2.05, 4.69) is 17.5 Å². The summed E-state index contributed by atoms with van der Waals surface area (Å²) in [6.45, 7) is 9.42. The van der Waals surface area contributed by atoms with E-state index in [4.69, 9.17) is 10.00 Å². The first-order valence-electron chi connectivity index (χ1n) is 8.03. The van der Waals surface area contributed by atoms with E-state index < -0.39 is 5.60 Å². The van der Waals surface area contributed by atoms with Gasteiger partial charge in [0, 0.05) is 19.6 Å². The van der Waals surface area contributed by atoms with Gasteiger partial charge in [0.1, 0.15) is 5.60 Å². The lowest BCUT2D eigenvalue weighted by atomic mass is 10.1. The monoisotopic (exact) mass is 315 g/mol. The van der Waals surface area contributed by atoms with E-state index in [1.165, 1.54) is 5.56 Å². The molecule has 0 spiro atoms. The van der Waals surface area contributed by atoms with Crippen molar-refractivity contribution in [3.05, 3.63) is 29.3 Å². The predicted octanol–water partition coefficient (Wildman–Crippen LogP) is 3.23. The van der Waals surface area contributed by atoms with Crippen molar-refractivity contribution >= 4 is 11.8 Å². The fourth-order valence-corrected chi connectivity index (χ4v) is 2.65. The third-order valence-electron chi connectivity index (χ3n) is 3.68. The van der Waals surface area contributed by atoms with Crippen LogP contribution in [-0.2, 0) is 17.7 Å². The highest BCUT2D eigenvalue weighted by atomic mass is 16.6. The molecule has 0 aromatic heterocycles. The van der Waals surface area contributed by atoms with E-state index in [1.807, 2.05) is 39.8 Å². The van der Waals surface area contributed by atoms with Gasteiger partial charge in [-0.15, -0.1) is 0 Å². The average Bonchev–Trinajstić information content (AvgIpc) is 2.90. The highest BCUT2D eigenvalue weighted by Gasteiger charge is 2.30. The summed E-state index contributed by atoms with van der Waals surface area (Å²) in [7, 11) is 0. The molecule has 5 heteroatoms. The van der Waals surface area contributed by atoms with Crippen molar-refractivity contribution in [3.63, 3.8) is 0 Å². The van der Waals surface area contributed by atoms with E-state index in [0.29, 0.717) is 19.6 Å². The van der Waals surface area contributed by atoms with Gasteiger partial charge in [0.15, 0.2) is 0 Å². The number of nitrogens with zero attached hydrogens (tertiary/aromatic N) is 2. The van der Waals surface area contributed by atoms with Crippen molar-refractivity contribution < 1.29 is 9.53 Å². The smallest absolute Gasteiger partial charge is 0.414 e. The van der Waals surface area contributed by atoms with Crippen LogP contribution in [-0.4, -0.2) is 24.8 Å². The van der Waals surface area contributed by atoms with Gasteiger partial charge in [-0.05, 0) is 45.2 Å². The van der Waals surface area contributed by atoms with Crippen LogP contribution < -0.4 is 10.2 Å². The lowest BCUT2D eigenvalue weighted by Gasteiger charge is -2.26. The van der Waals surface area contributed by atoms with Crippen molar-refractivity contribution in [1.29, 1.82) is 5.26 Å². The normalized spacial score (nSPS) is 15.0. The van der Waals surface area contributed by atoms with Crippen LogP contribution in [0.3, 0.4) is 0 Å². The molecule has 1 amide bonds. The zero-order chi connectivity index (χ0) is 17.0. The van der Waals surface area contributed by atoms with E-state index in [9.17, 15) is 4.79 Å². The van der Waals surface area contributed by atoms with Gasteiger partial charge in [0.25, 0.3) is 0 Å². The minimum atomic E-state index is -0.505. The Hall–Kier alpha value is -2.06. The van der Waals surface area contributed by atoms with Crippen LogP contribution >= 0.6 is 0 Å². The topological polar surface area (TPSA) is 65.4 Å². The van der Waals surface area contributed by atoms with Crippen LogP contribution in [0.25, 0.3) is 0 Å². The summed E-state index contributed by atoms with van der Waals surface area (Å²) in [6, 6.07) is 8.30. The number of fused-ring (bicyclic) bond motifs is 1. The second-order valence-electron chi connectivity index (χ2n) is 6.97. The van der Waals surface area contributed by atoms with Crippen LogP contribution in [0, 0.1) is 17.2 Å². The Balaban J connectivity index is 2.14. The zero-order valence-corrected chi connectivity index (χ0v) is 14.3. The van der Waals surface area contributed by atoms with E-state index in [0.717, 1.165) is 17.7 Å². The number of ether oxygens (including phenoxy) is 1. The molecule has 1 aromatic carbocycles. The van der Waals surface area contributed by atoms with Crippen molar-refractivity contribution in [1.82, 2.24) is 5.32 Å². The Bertz CT molecular complexity index is 614. The molecular weight excluding hydrogens is 290 g/mol. The third-order valence-corrected chi connectivity index (χ3v) is 3.68. The van der Waals surface area contributed by atoms with Gasteiger partial charge in [0.2, 0.25) is 0 Å². The molecule has 0 aliphatic carbocycles. The quantitative estimate of drug-likeness (QED) is 0.926. The number of carbonyl (C=O) groups excluding carboxylic acids is 1. The van der Waals surface area contributed by atoms with Crippen LogP contribution in [0.4, 0.5) is 10.5 Å². The van der Waals surface area contributed by atoms with Gasteiger partial charge in [-0.2, -0.15) is 5.26 Å². The molecule has 23 heavy (non-hydrogen) atoms. The van der Waals surface area contributed by atoms with Gasteiger partial charge in [-0.1, -0.05) is 18.2 Å². The molecule has 1 aliphatic rings. The molecule has 0 saturated heterocycles. The number of nitriles is 1. The molecule has 1 unspecified atom stereocenters. The highest BCUT2D eigenvalue weighted by Crippen LogP contribution is 2.33. The van der Waals surface area contributed by atoms with Gasteiger partial charge >= 0.3 is 6.09 Å². The van der Waals surface area contributed by atoms with Gasteiger partial charge in [-0.3, -0.25) is 4.90 Å². The fourth-order valence-electron chi connectivity index (χ4n) is 2.65. The number of anilines is 1. The number of carbonyl (C=O) groups is 1. The lowest BCUT2D eigenvalue weighted by Crippen LogP contribution is -2.36. The van der Waals surface area contributed by atoms with Crippen molar-refractivity contribution in [2.75, 3.05) is 18.0 Å². The van der Waals surface area contributed by atoms with Gasteiger partial charge < -0.3 is 10.1 Å². The Labute approximate surface area is 138 Å². The summed E-state index contributed by atoms with van der Waals surface area (Å²) >= 11 is 0. The maximum Gasteiger partial charge on any atom is 0.414 e. The van der Waals surface area contributed by atoms with E-state index in [-0.39, 0.29) is 12.0 Å². The molecule has 1 N–H and O–H groups in total. The second kappa shape index (κ2) is 7.01. The summed E-state index contributed by atoms with van der Waals surface area (Å²) in [6.07, 6.45) is 0.547. The highest BCUT2D eigenvalue weighted by molar-refractivity contribution is 5.91. The lowest BCUT2D eigenvalue weighted by molar-refractivity contribution is 0.0583. The number of rotatable bonds is 4. The van der Waals surface area contributed by atoms with Gasteiger partial charge in [-0.25, -0.2) is 4.79 Å². The maximum absolute atomic E-state index is 12.4. The molecule has 0 fully saturated rings. The third kappa shape index (κ3) is 4.46. The standard InChI is InChI=1S/C18H25N3O2/c1-13(10-19)11-20-12-15-7-5-6-14-8-9-21(16(14)15)17(22)23-18(2,3)4/h5-7,13,20H,8-9,11-12H2,1-4H3. The molecule has 1 heterocycles.